The molecule has 0 saturated heterocycles. The predicted octanol–water partition coefficient (Wildman–Crippen LogP) is 3.63. The number of hydrogen-bond acceptors (Lipinski definition) is 2. The molecule has 2 aromatic carbocycles. The van der Waals surface area contributed by atoms with Crippen LogP contribution < -0.4 is 5.32 Å². The lowest BCUT2D eigenvalue weighted by molar-refractivity contribution is 0.471. The van der Waals surface area contributed by atoms with E-state index in [-0.39, 0.29) is 11.6 Å². The molecule has 0 unspecified atom stereocenters. The average molecular weight is 324 g/mol. The van der Waals surface area contributed by atoms with Gasteiger partial charge in [0.1, 0.15) is 11.6 Å². The normalized spacial score (nSPS) is 10.6. The van der Waals surface area contributed by atoms with Gasteiger partial charge in [0.25, 0.3) is 0 Å². The molecule has 0 aliphatic rings. The molecule has 0 spiro atoms. The van der Waals surface area contributed by atoms with E-state index in [1.54, 1.807) is 18.2 Å². The first-order valence-electron chi connectivity index (χ1n) is 6.08. The maximum atomic E-state index is 12.7. The summed E-state index contributed by atoms with van der Waals surface area (Å²) in [4.78, 5) is 0. The van der Waals surface area contributed by atoms with Crippen molar-refractivity contribution < 1.29 is 9.50 Å². The van der Waals surface area contributed by atoms with E-state index in [4.69, 9.17) is 0 Å². The van der Waals surface area contributed by atoms with Gasteiger partial charge >= 0.3 is 0 Å². The Morgan fingerprint density at radius 3 is 2.42 bits per heavy atom. The highest BCUT2D eigenvalue weighted by atomic mass is 79.9. The number of aromatic hydroxyl groups is 1. The number of nitrogens with one attached hydrogen (secondary N) is 1. The molecule has 2 rings (SSSR count). The Bertz CT molecular complexity index is 542. The van der Waals surface area contributed by atoms with Crippen LogP contribution in [0.1, 0.15) is 11.1 Å². The number of phenolic OH excluding ortho intramolecular Hbond substituents is 1. The lowest BCUT2D eigenvalue weighted by atomic mass is 10.1. The summed E-state index contributed by atoms with van der Waals surface area (Å²) in [5, 5.41) is 12.7. The molecule has 0 atom stereocenters. The van der Waals surface area contributed by atoms with Gasteiger partial charge in [0.15, 0.2) is 0 Å². The molecule has 0 saturated carbocycles. The van der Waals surface area contributed by atoms with Crippen LogP contribution in [0.15, 0.2) is 46.9 Å². The van der Waals surface area contributed by atoms with E-state index < -0.39 is 0 Å². The molecule has 19 heavy (non-hydrogen) atoms. The van der Waals surface area contributed by atoms with Crippen LogP contribution in [-0.4, -0.2) is 11.7 Å². The fraction of sp³-hybridized carbons (Fsp3) is 0.200. The summed E-state index contributed by atoms with van der Waals surface area (Å²) in [5.74, 6) is 0.0423. The van der Waals surface area contributed by atoms with Crippen LogP contribution in [-0.2, 0) is 13.0 Å². The van der Waals surface area contributed by atoms with Gasteiger partial charge < -0.3 is 10.4 Å². The minimum atomic E-state index is -0.203. The van der Waals surface area contributed by atoms with Gasteiger partial charge in [0.05, 0.1) is 4.47 Å². The molecular formula is C15H15BrFNO. The van der Waals surface area contributed by atoms with Gasteiger partial charge in [-0.2, -0.15) is 0 Å². The van der Waals surface area contributed by atoms with E-state index in [1.807, 2.05) is 12.1 Å². The van der Waals surface area contributed by atoms with Crippen molar-refractivity contribution in [2.45, 2.75) is 13.0 Å². The topological polar surface area (TPSA) is 32.3 Å². The molecule has 0 aromatic heterocycles. The highest BCUT2D eigenvalue weighted by Gasteiger charge is 1.99. The summed E-state index contributed by atoms with van der Waals surface area (Å²) in [6.45, 7) is 1.56. The van der Waals surface area contributed by atoms with E-state index in [1.165, 1.54) is 12.1 Å². The summed E-state index contributed by atoms with van der Waals surface area (Å²) in [7, 11) is 0. The number of hydrogen-bond donors (Lipinski definition) is 2. The number of rotatable bonds is 5. The van der Waals surface area contributed by atoms with Gasteiger partial charge in [0.2, 0.25) is 0 Å². The standard InChI is InChI=1S/C15H15BrFNO/c16-14-9-12(3-6-15(14)19)10-18-8-7-11-1-4-13(17)5-2-11/h1-6,9,18-19H,7-8,10H2. The van der Waals surface area contributed by atoms with Crippen LogP contribution in [0.2, 0.25) is 0 Å². The smallest absolute Gasteiger partial charge is 0.129 e. The minimum absolute atomic E-state index is 0.203. The van der Waals surface area contributed by atoms with Crippen LogP contribution in [0.4, 0.5) is 4.39 Å². The molecular weight excluding hydrogens is 309 g/mol. The summed E-state index contributed by atoms with van der Waals surface area (Å²) in [5.41, 5.74) is 2.21. The Hall–Kier alpha value is -1.39. The molecule has 2 nitrogen and oxygen atoms in total. The zero-order valence-electron chi connectivity index (χ0n) is 10.4. The maximum Gasteiger partial charge on any atom is 0.129 e. The molecule has 2 aromatic rings. The second-order valence-electron chi connectivity index (χ2n) is 4.34. The average Bonchev–Trinajstić information content (AvgIpc) is 2.41. The van der Waals surface area contributed by atoms with Crippen LogP contribution in [0, 0.1) is 5.82 Å². The Kier molecular flexibility index (Phi) is 4.93. The van der Waals surface area contributed by atoms with Crippen LogP contribution in [0.3, 0.4) is 0 Å². The van der Waals surface area contributed by atoms with E-state index in [0.29, 0.717) is 4.47 Å². The van der Waals surface area contributed by atoms with E-state index in [2.05, 4.69) is 21.2 Å². The Morgan fingerprint density at radius 1 is 1.05 bits per heavy atom. The molecule has 0 radical (unpaired) electrons. The third-order valence-corrected chi connectivity index (χ3v) is 3.48. The highest BCUT2D eigenvalue weighted by Crippen LogP contribution is 2.24. The van der Waals surface area contributed by atoms with Crippen LogP contribution >= 0.6 is 15.9 Å². The van der Waals surface area contributed by atoms with Crippen molar-refractivity contribution in [3.8, 4) is 5.75 Å². The van der Waals surface area contributed by atoms with Crippen molar-refractivity contribution in [3.63, 3.8) is 0 Å². The fourth-order valence-corrected chi connectivity index (χ4v) is 2.20. The summed E-state index contributed by atoms with van der Waals surface area (Å²) in [6, 6.07) is 12.0. The Morgan fingerprint density at radius 2 is 1.74 bits per heavy atom. The molecule has 0 bridgehead atoms. The Labute approximate surface area is 120 Å². The van der Waals surface area contributed by atoms with Crippen molar-refractivity contribution in [2.24, 2.45) is 0 Å². The largest absolute Gasteiger partial charge is 0.507 e. The van der Waals surface area contributed by atoms with Crippen molar-refractivity contribution in [3.05, 3.63) is 63.9 Å². The summed E-state index contributed by atoms with van der Waals surface area (Å²) in [6.07, 6.45) is 0.861. The molecule has 0 aliphatic carbocycles. The molecule has 100 valence electrons. The highest BCUT2D eigenvalue weighted by molar-refractivity contribution is 9.10. The number of phenols is 1. The molecule has 4 heteroatoms. The van der Waals surface area contributed by atoms with E-state index in [0.717, 1.165) is 30.6 Å². The van der Waals surface area contributed by atoms with Crippen molar-refractivity contribution in [1.29, 1.82) is 0 Å². The van der Waals surface area contributed by atoms with Crippen molar-refractivity contribution in [1.82, 2.24) is 5.32 Å². The maximum absolute atomic E-state index is 12.7. The van der Waals surface area contributed by atoms with Crippen molar-refractivity contribution in [2.75, 3.05) is 6.54 Å². The van der Waals surface area contributed by atoms with Crippen LogP contribution in [0.5, 0.6) is 5.75 Å². The van der Waals surface area contributed by atoms with E-state index in [9.17, 15) is 9.50 Å². The summed E-state index contributed by atoms with van der Waals surface area (Å²) < 4.78 is 13.4. The Balaban J connectivity index is 1.77. The molecule has 0 amide bonds. The molecule has 0 fully saturated rings. The molecule has 2 N–H and O–H groups in total. The van der Waals surface area contributed by atoms with Gasteiger partial charge in [-0.25, -0.2) is 4.39 Å². The number of halogens is 2. The van der Waals surface area contributed by atoms with E-state index >= 15 is 0 Å². The van der Waals surface area contributed by atoms with Crippen molar-refractivity contribution >= 4 is 15.9 Å². The quantitative estimate of drug-likeness (QED) is 0.823. The zero-order chi connectivity index (χ0) is 13.7. The van der Waals surface area contributed by atoms with Gasteiger partial charge in [-0.3, -0.25) is 0 Å². The van der Waals surface area contributed by atoms with Gasteiger partial charge in [-0.15, -0.1) is 0 Å². The second kappa shape index (κ2) is 6.68. The zero-order valence-corrected chi connectivity index (χ0v) is 12.0. The lowest BCUT2D eigenvalue weighted by Crippen LogP contribution is -2.16. The fourth-order valence-electron chi connectivity index (χ4n) is 1.78. The summed E-state index contributed by atoms with van der Waals surface area (Å²) >= 11 is 3.29. The third kappa shape index (κ3) is 4.33. The molecule has 0 aliphatic heterocycles. The third-order valence-electron chi connectivity index (χ3n) is 2.84. The van der Waals surface area contributed by atoms with Crippen LogP contribution in [0.25, 0.3) is 0 Å². The second-order valence-corrected chi connectivity index (χ2v) is 5.19. The monoisotopic (exact) mass is 323 g/mol. The first-order valence-corrected chi connectivity index (χ1v) is 6.87. The first-order chi connectivity index (χ1) is 9.15. The van der Waals surface area contributed by atoms with Gasteiger partial charge in [-0.1, -0.05) is 18.2 Å². The molecule has 0 heterocycles. The van der Waals surface area contributed by atoms with Gasteiger partial charge in [0, 0.05) is 6.54 Å². The SMILES string of the molecule is Oc1ccc(CNCCc2ccc(F)cc2)cc1Br. The van der Waals surface area contributed by atoms with Gasteiger partial charge in [-0.05, 0) is 64.3 Å². The predicted molar refractivity (Wildman–Crippen MR) is 77.6 cm³/mol. The number of benzene rings is 2. The lowest BCUT2D eigenvalue weighted by Gasteiger charge is -2.06. The minimum Gasteiger partial charge on any atom is -0.507 e. The first kappa shape index (κ1) is 14.0.